The molecule has 1 aliphatic heterocycles. The molecule has 0 radical (unpaired) electrons. The SMILES string of the molecule is N#Cc1cn[nH]c1NS(=O)(=O)C1CCS(=O)(=O)CC1. The van der Waals surface area contributed by atoms with E-state index in [4.69, 9.17) is 5.26 Å². The lowest BCUT2D eigenvalue weighted by Crippen LogP contribution is -2.36. The Kier molecular flexibility index (Phi) is 3.51. The maximum absolute atomic E-state index is 12.1. The van der Waals surface area contributed by atoms with Crippen molar-refractivity contribution in [3.8, 4) is 6.07 Å². The van der Waals surface area contributed by atoms with Crippen LogP contribution >= 0.6 is 0 Å². The summed E-state index contributed by atoms with van der Waals surface area (Å²) in [5.74, 6) is -0.254. The van der Waals surface area contributed by atoms with Gasteiger partial charge in [-0.25, -0.2) is 16.8 Å². The summed E-state index contributed by atoms with van der Waals surface area (Å²) in [6, 6.07) is 1.80. The number of nitriles is 1. The lowest BCUT2D eigenvalue weighted by molar-refractivity contribution is 0.555. The number of H-pyrrole nitrogens is 1. The quantitative estimate of drug-likeness (QED) is 0.780. The molecule has 2 heterocycles. The van der Waals surface area contributed by atoms with Crippen LogP contribution in [0.2, 0.25) is 0 Å². The number of hydrogen-bond acceptors (Lipinski definition) is 6. The van der Waals surface area contributed by atoms with Gasteiger partial charge in [-0.05, 0) is 12.8 Å². The molecule has 1 aromatic rings. The molecule has 1 aromatic heterocycles. The van der Waals surface area contributed by atoms with E-state index in [1.807, 2.05) is 0 Å². The highest BCUT2D eigenvalue weighted by molar-refractivity contribution is 7.94. The number of aromatic nitrogens is 2. The Morgan fingerprint density at radius 3 is 2.63 bits per heavy atom. The first-order valence-corrected chi connectivity index (χ1v) is 8.86. The highest BCUT2D eigenvalue weighted by Crippen LogP contribution is 2.22. The Morgan fingerprint density at radius 2 is 2.05 bits per heavy atom. The predicted molar refractivity (Wildman–Crippen MR) is 67.5 cm³/mol. The Bertz CT molecular complexity index is 700. The molecule has 0 amide bonds. The minimum atomic E-state index is -3.73. The van der Waals surface area contributed by atoms with E-state index in [0.29, 0.717) is 0 Å². The molecule has 0 aromatic carbocycles. The van der Waals surface area contributed by atoms with Gasteiger partial charge in [-0.2, -0.15) is 10.4 Å². The van der Waals surface area contributed by atoms with Gasteiger partial charge in [-0.1, -0.05) is 0 Å². The van der Waals surface area contributed by atoms with Crippen LogP contribution in [0.4, 0.5) is 5.82 Å². The summed E-state index contributed by atoms with van der Waals surface area (Å²) in [6.07, 6.45) is 1.34. The van der Waals surface area contributed by atoms with Gasteiger partial charge >= 0.3 is 0 Å². The van der Waals surface area contributed by atoms with E-state index < -0.39 is 25.1 Å². The summed E-state index contributed by atoms with van der Waals surface area (Å²) in [5, 5.41) is 13.9. The fourth-order valence-electron chi connectivity index (χ4n) is 1.85. The lowest BCUT2D eigenvalue weighted by atomic mass is 10.2. The van der Waals surface area contributed by atoms with Crippen molar-refractivity contribution in [2.75, 3.05) is 16.2 Å². The van der Waals surface area contributed by atoms with Crippen LogP contribution in [-0.4, -0.2) is 43.8 Å². The summed E-state index contributed by atoms with van der Waals surface area (Å²) in [7, 11) is -6.84. The van der Waals surface area contributed by atoms with Gasteiger partial charge in [0.1, 0.15) is 21.5 Å². The smallest absolute Gasteiger partial charge is 0.236 e. The first-order chi connectivity index (χ1) is 8.84. The van der Waals surface area contributed by atoms with Crippen molar-refractivity contribution in [1.29, 1.82) is 5.26 Å². The molecule has 1 saturated heterocycles. The number of sulfonamides is 1. The first kappa shape index (κ1) is 13.8. The van der Waals surface area contributed by atoms with Crippen LogP contribution in [-0.2, 0) is 19.9 Å². The second-order valence-corrected chi connectivity index (χ2v) is 8.53. The maximum Gasteiger partial charge on any atom is 0.236 e. The number of rotatable bonds is 3. The molecule has 104 valence electrons. The molecule has 10 heteroatoms. The summed E-state index contributed by atoms with van der Waals surface area (Å²) in [6.45, 7) is 0. The van der Waals surface area contributed by atoms with Crippen LogP contribution in [0.3, 0.4) is 0 Å². The summed E-state index contributed by atoms with van der Waals surface area (Å²) in [4.78, 5) is 0. The second-order valence-electron chi connectivity index (χ2n) is 4.27. The van der Waals surface area contributed by atoms with Crippen LogP contribution in [0.1, 0.15) is 18.4 Å². The fourth-order valence-corrected chi connectivity index (χ4v) is 5.11. The first-order valence-electron chi connectivity index (χ1n) is 5.49. The standard InChI is InChI=1S/C9H12N4O4S2/c10-5-7-6-11-12-9(7)13-19(16,17)8-1-3-18(14,15)4-2-8/h6,8H,1-4H2,(H2,11,12,13). The van der Waals surface area contributed by atoms with Crippen LogP contribution in [0.25, 0.3) is 0 Å². The number of nitrogens with one attached hydrogen (secondary N) is 2. The van der Waals surface area contributed by atoms with E-state index in [9.17, 15) is 16.8 Å². The highest BCUT2D eigenvalue weighted by atomic mass is 32.2. The molecular weight excluding hydrogens is 292 g/mol. The molecule has 0 atom stereocenters. The van der Waals surface area contributed by atoms with Crippen molar-refractivity contribution in [2.45, 2.75) is 18.1 Å². The van der Waals surface area contributed by atoms with E-state index in [1.54, 1.807) is 6.07 Å². The molecule has 0 unspecified atom stereocenters. The molecule has 8 nitrogen and oxygen atoms in total. The number of nitrogens with zero attached hydrogens (tertiary/aromatic N) is 2. The molecule has 2 N–H and O–H groups in total. The van der Waals surface area contributed by atoms with E-state index in [0.717, 1.165) is 0 Å². The Labute approximate surface area is 110 Å². The molecule has 1 fully saturated rings. The van der Waals surface area contributed by atoms with Gasteiger partial charge in [0.15, 0.2) is 5.82 Å². The molecule has 0 spiro atoms. The Balaban J connectivity index is 2.14. The molecular formula is C9H12N4O4S2. The third-order valence-electron chi connectivity index (χ3n) is 2.94. The van der Waals surface area contributed by atoms with Crippen LogP contribution in [0, 0.1) is 11.3 Å². The van der Waals surface area contributed by atoms with E-state index in [1.165, 1.54) is 6.20 Å². The number of aromatic amines is 1. The van der Waals surface area contributed by atoms with Crippen molar-refractivity contribution in [3.63, 3.8) is 0 Å². The zero-order valence-corrected chi connectivity index (χ0v) is 11.5. The van der Waals surface area contributed by atoms with Gasteiger partial charge in [0.05, 0.1) is 23.0 Å². The molecule has 19 heavy (non-hydrogen) atoms. The lowest BCUT2D eigenvalue weighted by Gasteiger charge is -2.22. The van der Waals surface area contributed by atoms with Crippen molar-refractivity contribution < 1.29 is 16.8 Å². The van der Waals surface area contributed by atoms with E-state index in [2.05, 4.69) is 14.9 Å². The van der Waals surface area contributed by atoms with Gasteiger partial charge in [0, 0.05) is 0 Å². The summed E-state index contributed by atoms with van der Waals surface area (Å²) < 4.78 is 48.9. The van der Waals surface area contributed by atoms with Crippen molar-refractivity contribution >= 4 is 25.7 Å². The largest absolute Gasteiger partial charge is 0.266 e. The number of sulfone groups is 1. The highest BCUT2D eigenvalue weighted by Gasteiger charge is 2.33. The molecule has 0 bridgehead atoms. The van der Waals surface area contributed by atoms with Crippen LogP contribution in [0.15, 0.2) is 6.20 Å². The second kappa shape index (κ2) is 4.82. The van der Waals surface area contributed by atoms with Crippen LogP contribution in [0.5, 0.6) is 0 Å². The van der Waals surface area contributed by atoms with Gasteiger partial charge in [0.2, 0.25) is 10.0 Å². The monoisotopic (exact) mass is 304 g/mol. The van der Waals surface area contributed by atoms with Gasteiger partial charge in [-0.3, -0.25) is 9.82 Å². The predicted octanol–water partition coefficient (Wildman–Crippen LogP) is -0.400. The average Bonchev–Trinajstić information content (AvgIpc) is 2.75. The average molecular weight is 304 g/mol. The van der Waals surface area contributed by atoms with Gasteiger partial charge < -0.3 is 0 Å². The van der Waals surface area contributed by atoms with E-state index >= 15 is 0 Å². The summed E-state index contributed by atoms with van der Waals surface area (Å²) in [5.41, 5.74) is 0.0898. The van der Waals surface area contributed by atoms with Crippen molar-refractivity contribution in [1.82, 2.24) is 10.2 Å². The van der Waals surface area contributed by atoms with E-state index in [-0.39, 0.29) is 35.7 Å². The topological polar surface area (TPSA) is 133 Å². The zero-order chi connectivity index (χ0) is 14.1. The molecule has 0 aliphatic carbocycles. The minimum Gasteiger partial charge on any atom is -0.266 e. The van der Waals surface area contributed by atoms with Crippen molar-refractivity contribution in [3.05, 3.63) is 11.8 Å². The Morgan fingerprint density at radius 1 is 1.42 bits per heavy atom. The molecule has 1 aliphatic rings. The van der Waals surface area contributed by atoms with Gasteiger partial charge in [-0.15, -0.1) is 0 Å². The number of hydrogen-bond donors (Lipinski definition) is 2. The summed E-state index contributed by atoms with van der Waals surface area (Å²) >= 11 is 0. The van der Waals surface area contributed by atoms with Crippen LogP contribution < -0.4 is 4.72 Å². The third kappa shape index (κ3) is 3.05. The maximum atomic E-state index is 12.1. The van der Waals surface area contributed by atoms with Gasteiger partial charge in [0.25, 0.3) is 0 Å². The fraction of sp³-hybridized carbons (Fsp3) is 0.556. The number of anilines is 1. The van der Waals surface area contributed by atoms with Crippen molar-refractivity contribution in [2.24, 2.45) is 0 Å². The minimum absolute atomic E-state index is 0.0101. The Hall–Kier alpha value is -1.60. The molecule has 2 rings (SSSR count). The normalized spacial score (nSPS) is 19.7. The third-order valence-corrected chi connectivity index (χ3v) is 6.50. The zero-order valence-electron chi connectivity index (χ0n) is 9.83. The molecule has 0 saturated carbocycles.